The number of hydrogen-bond acceptors (Lipinski definition) is 1. The molecular weight excluding hydrogens is 220 g/mol. The molecule has 0 aliphatic heterocycles. The van der Waals surface area contributed by atoms with E-state index in [1.807, 2.05) is 0 Å². The molecule has 0 saturated heterocycles. The molecule has 0 aromatic rings. The van der Waals surface area contributed by atoms with Gasteiger partial charge in [0.05, 0.1) is 0 Å². The van der Waals surface area contributed by atoms with Gasteiger partial charge in [-0.1, -0.05) is 0 Å². The highest BCUT2D eigenvalue weighted by atomic mass is 35.5. The molecule has 0 heterocycles. The molecule has 3 aliphatic rings. The van der Waals surface area contributed by atoms with E-state index in [0.717, 1.165) is 25.7 Å². The van der Waals surface area contributed by atoms with E-state index >= 15 is 0 Å². The summed E-state index contributed by atoms with van der Waals surface area (Å²) in [6, 6.07) is 0.178. The number of rotatable bonds is 1. The third-order valence-corrected chi connectivity index (χ3v) is 4.58. The van der Waals surface area contributed by atoms with Gasteiger partial charge >= 0.3 is 0 Å². The average Bonchev–Trinajstić information content (AvgIpc) is 2.98. The van der Waals surface area contributed by atoms with Gasteiger partial charge in [0, 0.05) is 17.4 Å². The third-order valence-electron chi connectivity index (χ3n) is 4.58. The molecule has 0 aromatic heterocycles. The minimum Gasteiger partial charge on any atom is -0.328 e. The molecule has 1 atom stereocenters. The molecule has 2 N–H and O–H groups in total. The minimum absolute atomic E-state index is 0. The Morgan fingerprint density at radius 1 is 1.00 bits per heavy atom. The zero-order chi connectivity index (χ0) is 9.97. The SMILES string of the molecule is Cl.NC1CCC2(CC1)C(C1CC1)C2(F)F. The van der Waals surface area contributed by atoms with Crippen LogP contribution >= 0.6 is 12.4 Å². The second kappa shape index (κ2) is 3.30. The van der Waals surface area contributed by atoms with Crippen molar-refractivity contribution in [3.05, 3.63) is 0 Å². The molecule has 3 saturated carbocycles. The summed E-state index contributed by atoms with van der Waals surface area (Å²) in [6.45, 7) is 0. The van der Waals surface area contributed by atoms with Crippen molar-refractivity contribution in [2.24, 2.45) is 23.0 Å². The van der Waals surface area contributed by atoms with Gasteiger partial charge < -0.3 is 5.73 Å². The van der Waals surface area contributed by atoms with Crippen molar-refractivity contribution in [2.45, 2.75) is 50.5 Å². The summed E-state index contributed by atoms with van der Waals surface area (Å²) < 4.78 is 27.4. The molecule has 3 aliphatic carbocycles. The Labute approximate surface area is 95.2 Å². The van der Waals surface area contributed by atoms with Crippen molar-refractivity contribution in [1.82, 2.24) is 0 Å². The number of alkyl halides is 2. The van der Waals surface area contributed by atoms with E-state index in [0.29, 0.717) is 18.8 Å². The predicted octanol–water partition coefficient (Wildman–Crippen LogP) is 2.97. The first-order valence-electron chi connectivity index (χ1n) is 5.71. The summed E-state index contributed by atoms with van der Waals surface area (Å²) in [7, 11) is 0. The van der Waals surface area contributed by atoms with Crippen molar-refractivity contribution in [3.63, 3.8) is 0 Å². The molecule has 1 nitrogen and oxygen atoms in total. The highest BCUT2D eigenvalue weighted by Gasteiger charge is 2.82. The highest BCUT2D eigenvalue weighted by molar-refractivity contribution is 5.85. The fraction of sp³-hybridized carbons (Fsp3) is 1.00. The number of nitrogens with two attached hydrogens (primary N) is 1. The van der Waals surface area contributed by atoms with Gasteiger partial charge in [-0.2, -0.15) is 0 Å². The monoisotopic (exact) mass is 237 g/mol. The Kier molecular flexibility index (Phi) is 2.55. The van der Waals surface area contributed by atoms with E-state index in [2.05, 4.69) is 0 Å². The summed E-state index contributed by atoms with van der Waals surface area (Å²) in [5.41, 5.74) is 5.16. The van der Waals surface area contributed by atoms with Gasteiger partial charge in [0.25, 0.3) is 5.92 Å². The van der Waals surface area contributed by atoms with Gasteiger partial charge in [0.2, 0.25) is 0 Å². The maximum Gasteiger partial charge on any atom is 0.257 e. The van der Waals surface area contributed by atoms with Crippen molar-refractivity contribution >= 4 is 12.4 Å². The Balaban J connectivity index is 0.000000853. The van der Waals surface area contributed by atoms with Crippen molar-refractivity contribution < 1.29 is 8.78 Å². The maximum absolute atomic E-state index is 13.7. The topological polar surface area (TPSA) is 26.0 Å². The Hall–Kier alpha value is 0.110. The fourth-order valence-electron chi connectivity index (χ4n) is 3.52. The molecule has 3 rings (SSSR count). The lowest BCUT2D eigenvalue weighted by Gasteiger charge is -2.26. The smallest absolute Gasteiger partial charge is 0.257 e. The average molecular weight is 238 g/mol. The molecule has 1 unspecified atom stereocenters. The molecule has 4 heteroatoms. The van der Waals surface area contributed by atoms with Gasteiger partial charge in [-0.3, -0.25) is 0 Å². The van der Waals surface area contributed by atoms with Crippen LogP contribution in [0, 0.1) is 17.3 Å². The van der Waals surface area contributed by atoms with Crippen LogP contribution < -0.4 is 5.73 Å². The summed E-state index contributed by atoms with van der Waals surface area (Å²) in [5, 5.41) is 0. The largest absolute Gasteiger partial charge is 0.328 e. The third kappa shape index (κ3) is 1.42. The molecule has 1 spiro atoms. The van der Waals surface area contributed by atoms with Crippen LogP contribution in [0.4, 0.5) is 8.78 Å². The predicted molar refractivity (Wildman–Crippen MR) is 57.3 cm³/mol. The van der Waals surface area contributed by atoms with Crippen molar-refractivity contribution in [2.75, 3.05) is 0 Å². The lowest BCUT2D eigenvalue weighted by molar-refractivity contribution is 0.0409. The molecule has 88 valence electrons. The van der Waals surface area contributed by atoms with Crippen LogP contribution in [0.15, 0.2) is 0 Å². The summed E-state index contributed by atoms with van der Waals surface area (Å²) in [5.74, 6) is -2.28. The molecule has 0 aromatic carbocycles. The van der Waals surface area contributed by atoms with Crippen LogP contribution in [0.1, 0.15) is 38.5 Å². The molecule has 3 fully saturated rings. The molecular formula is C11H18ClF2N. The highest BCUT2D eigenvalue weighted by Crippen LogP contribution is 2.77. The maximum atomic E-state index is 13.7. The Morgan fingerprint density at radius 3 is 2.00 bits per heavy atom. The summed E-state index contributed by atoms with van der Waals surface area (Å²) in [4.78, 5) is 0. The first kappa shape index (κ1) is 11.6. The Bertz CT molecular complexity index is 257. The fourth-order valence-corrected chi connectivity index (χ4v) is 3.52. The zero-order valence-corrected chi connectivity index (χ0v) is 9.53. The summed E-state index contributed by atoms with van der Waals surface area (Å²) in [6.07, 6.45) is 5.02. The van der Waals surface area contributed by atoms with Gasteiger partial charge in [0.1, 0.15) is 0 Å². The second-order valence-electron chi connectivity index (χ2n) is 5.43. The van der Waals surface area contributed by atoms with Crippen LogP contribution in [0.2, 0.25) is 0 Å². The van der Waals surface area contributed by atoms with Crippen molar-refractivity contribution in [1.29, 1.82) is 0 Å². The van der Waals surface area contributed by atoms with E-state index in [1.165, 1.54) is 0 Å². The first-order chi connectivity index (χ1) is 6.58. The van der Waals surface area contributed by atoms with E-state index < -0.39 is 11.3 Å². The number of halogens is 3. The van der Waals surface area contributed by atoms with Gasteiger partial charge in [-0.05, 0) is 44.4 Å². The van der Waals surface area contributed by atoms with Crippen LogP contribution in [-0.4, -0.2) is 12.0 Å². The first-order valence-corrected chi connectivity index (χ1v) is 5.71. The van der Waals surface area contributed by atoms with E-state index in [1.54, 1.807) is 0 Å². The van der Waals surface area contributed by atoms with E-state index in [4.69, 9.17) is 5.73 Å². The van der Waals surface area contributed by atoms with Crippen molar-refractivity contribution in [3.8, 4) is 0 Å². The molecule has 0 amide bonds. The molecule has 15 heavy (non-hydrogen) atoms. The standard InChI is InChI=1S/C11H17F2N.ClH/c12-11(13)9(7-1-2-7)10(11)5-3-8(14)4-6-10;/h7-9H,1-6,14H2;1H. The number of hydrogen-bond donors (Lipinski definition) is 1. The summed E-state index contributed by atoms with van der Waals surface area (Å²) >= 11 is 0. The lowest BCUT2D eigenvalue weighted by Crippen LogP contribution is -2.30. The van der Waals surface area contributed by atoms with Crippen LogP contribution in [0.3, 0.4) is 0 Å². The van der Waals surface area contributed by atoms with Gasteiger partial charge in [0.15, 0.2) is 0 Å². The van der Waals surface area contributed by atoms with Gasteiger partial charge in [-0.15, -0.1) is 12.4 Å². The second-order valence-corrected chi connectivity index (χ2v) is 5.43. The normalized spacial score (nSPS) is 47.4. The molecule has 0 radical (unpaired) electrons. The molecule has 0 bridgehead atoms. The minimum atomic E-state index is -2.35. The quantitative estimate of drug-likeness (QED) is 0.746. The van der Waals surface area contributed by atoms with Gasteiger partial charge in [-0.25, -0.2) is 8.78 Å². The van der Waals surface area contributed by atoms with Crippen LogP contribution in [0.25, 0.3) is 0 Å². The van der Waals surface area contributed by atoms with Crippen LogP contribution in [0.5, 0.6) is 0 Å². The van der Waals surface area contributed by atoms with Crippen LogP contribution in [-0.2, 0) is 0 Å². The zero-order valence-electron chi connectivity index (χ0n) is 8.72. The lowest BCUT2D eigenvalue weighted by atomic mass is 9.81. The van der Waals surface area contributed by atoms with E-state index in [9.17, 15) is 8.78 Å². The van der Waals surface area contributed by atoms with E-state index in [-0.39, 0.29) is 24.4 Å². The Morgan fingerprint density at radius 2 is 1.53 bits per heavy atom.